The number of halogens is 1. The Bertz CT molecular complexity index is 8.00. The van der Waals surface area contributed by atoms with Gasteiger partial charge >= 0.3 is 27.3 Å². The minimum Gasteiger partial charge on any atom is -1.00 e. The van der Waals surface area contributed by atoms with Crippen molar-refractivity contribution in [1.82, 2.24) is 0 Å². The Balaban J connectivity index is 0. The molecule has 0 amide bonds. The monoisotopic (exact) mass is 173 g/mol. The van der Waals surface area contributed by atoms with Crippen molar-refractivity contribution in [2.24, 2.45) is 0 Å². The molecule has 0 saturated heterocycles. The molecule has 31 valence electrons. The molecule has 0 heterocycles. The molecule has 0 aromatic carbocycles. The Morgan fingerprint density at radius 1 is 1.75 bits per heavy atom. The summed E-state index contributed by atoms with van der Waals surface area (Å²) in [4.78, 5) is 0. The Kier molecular flexibility index (Phi) is 20.0. The first kappa shape index (κ1) is 8.88. The third-order valence-electron chi connectivity index (χ3n) is 0. The van der Waals surface area contributed by atoms with Crippen LogP contribution in [0.25, 0.3) is 0 Å². The van der Waals surface area contributed by atoms with E-state index in [0.717, 1.165) is 0 Å². The third kappa shape index (κ3) is 12.3. The molecule has 0 unspecified atom stereocenters. The van der Waals surface area contributed by atoms with Crippen LogP contribution >= 0.6 is 0 Å². The van der Waals surface area contributed by atoms with Gasteiger partial charge in [-0.2, -0.15) is 0 Å². The Labute approximate surface area is 44.6 Å². The van der Waals surface area contributed by atoms with Gasteiger partial charge in [0.15, 0.2) is 0 Å². The maximum Gasteiger partial charge on any atom is -1.00 e. The Hall–Kier alpha value is 0.959. The molecule has 3 heteroatoms. The molecule has 0 saturated carbocycles. The summed E-state index contributed by atoms with van der Waals surface area (Å²) < 4.78 is 3.81. The standard InChI is InChI=1S/CH3O.BrH.Cu/c1-2;;/h1H3;1H;/q-1;;+2/p-1. The predicted octanol–water partition coefficient (Wildman–Crippen LogP) is -2.90. The molecule has 0 aromatic rings. The van der Waals surface area contributed by atoms with E-state index < -0.39 is 0 Å². The molecule has 4 heavy (non-hydrogen) atoms. The van der Waals surface area contributed by atoms with Crippen LogP contribution in [0.3, 0.4) is 0 Å². The van der Waals surface area contributed by atoms with Gasteiger partial charge in [0.1, 0.15) is 0 Å². The summed E-state index contributed by atoms with van der Waals surface area (Å²) in [5.41, 5.74) is 0. The van der Waals surface area contributed by atoms with Crippen LogP contribution < -0.4 is 17.0 Å². The molecule has 0 bridgehead atoms. The molecular formula is CH3BrCuO. The number of rotatable bonds is 0. The van der Waals surface area contributed by atoms with Crippen LogP contribution in [-0.2, 0) is 20.2 Å². The minimum atomic E-state index is 0. The van der Waals surface area contributed by atoms with E-state index in [0.29, 0.717) is 0 Å². The molecule has 0 aliphatic heterocycles. The molecule has 0 N–H and O–H groups in total. The quantitative estimate of drug-likeness (QED) is 0.358. The predicted molar refractivity (Wildman–Crippen MR) is 7.01 cm³/mol. The fraction of sp³-hybridized carbons (Fsp3) is 1.00. The van der Waals surface area contributed by atoms with Crippen molar-refractivity contribution in [3.63, 3.8) is 0 Å². The van der Waals surface area contributed by atoms with Crippen molar-refractivity contribution < 1.29 is 37.1 Å². The van der Waals surface area contributed by atoms with E-state index in [4.69, 9.17) is 0 Å². The second-order valence-corrected chi connectivity index (χ2v) is 0.508. The van der Waals surface area contributed by atoms with Crippen LogP contribution in [0.4, 0.5) is 0 Å². The molecule has 0 aliphatic rings. The summed E-state index contributed by atoms with van der Waals surface area (Å²) in [6, 6.07) is 0. The molecular weight excluding hydrogens is 171 g/mol. The van der Waals surface area contributed by atoms with Crippen LogP contribution in [-0.4, -0.2) is 7.11 Å². The zero-order chi connectivity index (χ0) is 2.71. The summed E-state index contributed by atoms with van der Waals surface area (Å²) in [5.74, 6) is 0. The molecule has 0 aromatic heterocycles. The second kappa shape index (κ2) is 9.03. The van der Waals surface area contributed by atoms with E-state index in [-0.39, 0.29) is 17.0 Å². The largest absolute Gasteiger partial charge is 1.00 e. The van der Waals surface area contributed by atoms with Gasteiger partial charge in [-0.05, 0) is 0 Å². The Morgan fingerprint density at radius 3 is 1.75 bits per heavy atom. The number of hydrogen-bond acceptors (Lipinski definition) is 1. The molecule has 0 spiro atoms. The van der Waals surface area contributed by atoms with Crippen molar-refractivity contribution in [3.05, 3.63) is 0 Å². The van der Waals surface area contributed by atoms with Crippen LogP contribution in [0.2, 0.25) is 0 Å². The maximum atomic E-state index is 4.01. The molecule has 0 aliphatic carbocycles. The fourth-order valence-electron chi connectivity index (χ4n) is 0. The average Bonchev–Trinajstić information content (AvgIpc) is 0.918. The van der Waals surface area contributed by atoms with Crippen LogP contribution in [0.5, 0.6) is 0 Å². The summed E-state index contributed by atoms with van der Waals surface area (Å²) in [6.45, 7) is 0. The molecule has 0 atom stereocenters. The van der Waals surface area contributed by atoms with Crippen LogP contribution in [0.1, 0.15) is 0 Å². The SMILES string of the molecule is C[O][Cu+].[Br-]. The van der Waals surface area contributed by atoms with Gasteiger partial charge in [0.05, 0.1) is 0 Å². The summed E-state index contributed by atoms with van der Waals surface area (Å²) >= 11 is 4.01. The molecule has 0 rings (SSSR count). The van der Waals surface area contributed by atoms with Crippen LogP contribution in [0.15, 0.2) is 0 Å². The van der Waals surface area contributed by atoms with Gasteiger partial charge in [0, 0.05) is 0 Å². The van der Waals surface area contributed by atoms with Gasteiger partial charge in [-0.25, -0.2) is 0 Å². The van der Waals surface area contributed by atoms with Gasteiger partial charge in [-0.1, -0.05) is 0 Å². The molecule has 0 radical (unpaired) electrons. The van der Waals surface area contributed by atoms with Crippen molar-refractivity contribution in [1.29, 1.82) is 0 Å². The smallest absolute Gasteiger partial charge is 1.00 e. The first-order valence-corrected chi connectivity index (χ1v) is 0.916. The first-order valence-electron chi connectivity index (χ1n) is 0.531. The minimum absolute atomic E-state index is 0. The topological polar surface area (TPSA) is 9.23 Å². The van der Waals surface area contributed by atoms with E-state index in [2.05, 4.69) is 20.2 Å². The summed E-state index contributed by atoms with van der Waals surface area (Å²) in [5, 5.41) is 0. The van der Waals surface area contributed by atoms with Gasteiger partial charge in [-0.15, -0.1) is 0 Å². The molecule has 0 fully saturated rings. The van der Waals surface area contributed by atoms with E-state index in [1.165, 1.54) is 7.11 Å². The summed E-state index contributed by atoms with van der Waals surface area (Å²) in [6.07, 6.45) is 0. The van der Waals surface area contributed by atoms with Gasteiger partial charge < -0.3 is 17.0 Å². The van der Waals surface area contributed by atoms with Crippen molar-refractivity contribution in [2.75, 3.05) is 7.11 Å². The third-order valence-corrected chi connectivity index (χ3v) is 0. The van der Waals surface area contributed by atoms with E-state index in [9.17, 15) is 0 Å². The first-order chi connectivity index (χ1) is 1.41. The fourth-order valence-corrected chi connectivity index (χ4v) is 0. The van der Waals surface area contributed by atoms with E-state index in [1.807, 2.05) is 0 Å². The normalized spacial score (nSPS) is 4.75. The molecule has 1 nitrogen and oxygen atoms in total. The van der Waals surface area contributed by atoms with Crippen molar-refractivity contribution >= 4 is 0 Å². The van der Waals surface area contributed by atoms with E-state index >= 15 is 0 Å². The van der Waals surface area contributed by atoms with E-state index in [1.54, 1.807) is 0 Å². The van der Waals surface area contributed by atoms with Gasteiger partial charge in [0.2, 0.25) is 0 Å². The Morgan fingerprint density at radius 2 is 1.75 bits per heavy atom. The average molecular weight is 174 g/mol. The van der Waals surface area contributed by atoms with Crippen molar-refractivity contribution in [2.45, 2.75) is 0 Å². The van der Waals surface area contributed by atoms with Gasteiger partial charge in [0.25, 0.3) is 0 Å². The van der Waals surface area contributed by atoms with Crippen LogP contribution in [0, 0.1) is 0 Å². The zero-order valence-corrected chi connectivity index (χ0v) is 4.62. The zero-order valence-electron chi connectivity index (χ0n) is 2.09. The van der Waals surface area contributed by atoms with Crippen molar-refractivity contribution in [3.8, 4) is 0 Å². The maximum absolute atomic E-state index is 4.01. The number of hydrogen-bond donors (Lipinski definition) is 0. The second-order valence-electron chi connectivity index (χ2n) is 0.123. The summed E-state index contributed by atoms with van der Waals surface area (Å²) in [7, 11) is 1.43. The van der Waals surface area contributed by atoms with Gasteiger partial charge in [-0.3, -0.25) is 0 Å².